The molecule has 1 heterocycles. The summed E-state index contributed by atoms with van der Waals surface area (Å²) in [5.74, 6) is -0.919. The molecule has 92 valence electrons. The van der Waals surface area contributed by atoms with Gasteiger partial charge in [0.15, 0.2) is 5.69 Å². The maximum Gasteiger partial charge on any atom is 0.358 e. The summed E-state index contributed by atoms with van der Waals surface area (Å²) in [7, 11) is 1.56. The fourth-order valence-corrected chi connectivity index (χ4v) is 1.73. The van der Waals surface area contributed by atoms with E-state index in [-0.39, 0.29) is 23.9 Å². The lowest BCUT2D eigenvalue weighted by Crippen LogP contribution is -2.20. The average Bonchev–Trinajstić information content (AvgIpc) is 3.05. The second-order valence-electron chi connectivity index (χ2n) is 4.05. The molecule has 0 aromatic carbocycles. The van der Waals surface area contributed by atoms with E-state index in [1.54, 1.807) is 7.05 Å². The molecular formula is C10H14N4O3. The molecular weight excluding hydrogens is 224 g/mol. The van der Waals surface area contributed by atoms with E-state index >= 15 is 0 Å². The van der Waals surface area contributed by atoms with Gasteiger partial charge in [-0.2, -0.15) is 0 Å². The summed E-state index contributed by atoms with van der Waals surface area (Å²) in [6.45, 7) is 0.367. The topological polar surface area (TPSA) is 97.1 Å². The Morgan fingerprint density at radius 2 is 2.24 bits per heavy atom. The predicted octanol–water partition coefficient (Wildman–Crippen LogP) is -0.0102. The van der Waals surface area contributed by atoms with Crippen molar-refractivity contribution in [2.45, 2.75) is 31.7 Å². The average molecular weight is 238 g/mol. The van der Waals surface area contributed by atoms with Crippen LogP contribution in [0.15, 0.2) is 0 Å². The number of nitrogens with one attached hydrogen (secondary N) is 1. The van der Waals surface area contributed by atoms with Gasteiger partial charge in [0.2, 0.25) is 5.91 Å². The van der Waals surface area contributed by atoms with Crippen LogP contribution in [0.3, 0.4) is 0 Å². The smallest absolute Gasteiger partial charge is 0.358 e. The molecule has 1 saturated carbocycles. The molecule has 1 aromatic rings. The minimum Gasteiger partial charge on any atom is -0.476 e. The van der Waals surface area contributed by atoms with Gasteiger partial charge in [0.25, 0.3) is 0 Å². The van der Waals surface area contributed by atoms with Crippen LogP contribution >= 0.6 is 0 Å². The summed E-state index contributed by atoms with van der Waals surface area (Å²) in [6.07, 6.45) is 2.21. The van der Waals surface area contributed by atoms with E-state index in [1.807, 2.05) is 0 Å². The Morgan fingerprint density at radius 3 is 2.76 bits per heavy atom. The standard InChI is InChI=1S/C10H14N4O3/c1-11-7(15)4-5-14-9(6-2-3-6)8(10(16)17)12-13-14/h6H,2-5H2,1H3,(H,11,15)(H,16,17). The number of carbonyl (C=O) groups excluding carboxylic acids is 1. The van der Waals surface area contributed by atoms with Gasteiger partial charge < -0.3 is 10.4 Å². The quantitative estimate of drug-likeness (QED) is 0.752. The van der Waals surface area contributed by atoms with Crippen molar-refractivity contribution >= 4 is 11.9 Å². The number of nitrogens with zero attached hydrogens (tertiary/aromatic N) is 3. The van der Waals surface area contributed by atoms with Crippen molar-refractivity contribution in [3.8, 4) is 0 Å². The number of rotatable bonds is 5. The molecule has 7 nitrogen and oxygen atoms in total. The van der Waals surface area contributed by atoms with E-state index in [1.165, 1.54) is 4.68 Å². The highest BCUT2D eigenvalue weighted by atomic mass is 16.4. The van der Waals surface area contributed by atoms with Crippen LogP contribution in [0, 0.1) is 0 Å². The highest BCUT2D eigenvalue weighted by Crippen LogP contribution is 2.41. The number of carboxylic acid groups (broad SMARTS) is 1. The molecule has 1 aliphatic carbocycles. The Kier molecular flexibility index (Phi) is 3.08. The van der Waals surface area contributed by atoms with Gasteiger partial charge >= 0.3 is 5.97 Å². The van der Waals surface area contributed by atoms with Crippen LogP contribution in [0.5, 0.6) is 0 Å². The molecule has 0 spiro atoms. The molecule has 0 saturated heterocycles. The SMILES string of the molecule is CNC(=O)CCn1nnc(C(=O)O)c1C1CC1. The second kappa shape index (κ2) is 4.52. The number of carboxylic acids is 1. The second-order valence-corrected chi connectivity index (χ2v) is 4.05. The third-order valence-corrected chi connectivity index (χ3v) is 2.77. The number of aromatic nitrogens is 3. The number of carbonyl (C=O) groups is 2. The van der Waals surface area contributed by atoms with Gasteiger partial charge in [0, 0.05) is 19.4 Å². The predicted molar refractivity (Wildman–Crippen MR) is 57.6 cm³/mol. The molecule has 2 rings (SSSR count). The Bertz CT molecular complexity index is 450. The lowest BCUT2D eigenvalue weighted by atomic mass is 10.2. The molecule has 0 unspecified atom stereocenters. The largest absolute Gasteiger partial charge is 0.476 e. The zero-order chi connectivity index (χ0) is 12.4. The van der Waals surface area contributed by atoms with Crippen molar-refractivity contribution in [1.29, 1.82) is 0 Å². The van der Waals surface area contributed by atoms with Crippen molar-refractivity contribution < 1.29 is 14.7 Å². The summed E-state index contributed by atoms with van der Waals surface area (Å²) < 4.78 is 1.54. The summed E-state index contributed by atoms with van der Waals surface area (Å²) in [4.78, 5) is 22.1. The first kappa shape index (κ1) is 11.6. The van der Waals surface area contributed by atoms with E-state index in [4.69, 9.17) is 5.11 Å². The normalized spacial score (nSPS) is 14.6. The molecule has 1 aliphatic rings. The van der Waals surface area contributed by atoms with Crippen LogP contribution in [0.25, 0.3) is 0 Å². The monoisotopic (exact) mass is 238 g/mol. The molecule has 2 N–H and O–H groups in total. The van der Waals surface area contributed by atoms with Gasteiger partial charge in [-0.05, 0) is 12.8 Å². The van der Waals surface area contributed by atoms with Crippen LogP contribution in [0.2, 0.25) is 0 Å². The van der Waals surface area contributed by atoms with Crippen molar-refractivity contribution in [1.82, 2.24) is 20.3 Å². The molecule has 1 fully saturated rings. The molecule has 7 heteroatoms. The van der Waals surface area contributed by atoms with Crippen molar-refractivity contribution in [3.05, 3.63) is 11.4 Å². The number of aryl methyl sites for hydroxylation is 1. The van der Waals surface area contributed by atoms with E-state index in [0.29, 0.717) is 12.2 Å². The number of amides is 1. The maximum absolute atomic E-state index is 11.1. The first-order valence-corrected chi connectivity index (χ1v) is 5.50. The molecule has 0 bridgehead atoms. The van der Waals surface area contributed by atoms with Crippen molar-refractivity contribution in [2.24, 2.45) is 0 Å². The third-order valence-electron chi connectivity index (χ3n) is 2.77. The third kappa shape index (κ3) is 2.43. The summed E-state index contributed by atoms with van der Waals surface area (Å²) in [5.41, 5.74) is 0.672. The minimum absolute atomic E-state index is 0.0180. The molecule has 0 aliphatic heterocycles. The van der Waals surface area contributed by atoms with Gasteiger partial charge in [0.1, 0.15) is 0 Å². The van der Waals surface area contributed by atoms with Gasteiger partial charge in [-0.3, -0.25) is 4.79 Å². The highest BCUT2D eigenvalue weighted by Gasteiger charge is 2.33. The van der Waals surface area contributed by atoms with E-state index < -0.39 is 5.97 Å². The number of hydrogen-bond acceptors (Lipinski definition) is 4. The summed E-state index contributed by atoms with van der Waals surface area (Å²) >= 11 is 0. The number of hydrogen-bond donors (Lipinski definition) is 2. The van der Waals surface area contributed by atoms with Gasteiger partial charge in [-0.25, -0.2) is 9.48 Å². The molecule has 0 radical (unpaired) electrons. The fraction of sp³-hybridized carbons (Fsp3) is 0.600. The Morgan fingerprint density at radius 1 is 1.53 bits per heavy atom. The first-order valence-electron chi connectivity index (χ1n) is 5.50. The van der Waals surface area contributed by atoms with E-state index in [2.05, 4.69) is 15.6 Å². The zero-order valence-corrected chi connectivity index (χ0v) is 9.51. The van der Waals surface area contributed by atoms with Crippen molar-refractivity contribution in [2.75, 3.05) is 7.05 Å². The Balaban J connectivity index is 2.16. The van der Waals surface area contributed by atoms with Gasteiger partial charge in [-0.15, -0.1) is 5.10 Å². The zero-order valence-electron chi connectivity index (χ0n) is 9.51. The van der Waals surface area contributed by atoms with Gasteiger partial charge in [0.05, 0.1) is 12.2 Å². The van der Waals surface area contributed by atoms with Gasteiger partial charge in [-0.1, -0.05) is 5.21 Å². The Labute approximate surface area is 97.8 Å². The molecule has 1 aromatic heterocycles. The lowest BCUT2D eigenvalue weighted by Gasteiger charge is -2.05. The summed E-state index contributed by atoms with van der Waals surface area (Å²) in [6, 6.07) is 0. The molecule has 0 atom stereocenters. The van der Waals surface area contributed by atoms with E-state index in [0.717, 1.165) is 12.8 Å². The highest BCUT2D eigenvalue weighted by molar-refractivity contribution is 5.86. The van der Waals surface area contributed by atoms with Crippen LogP contribution < -0.4 is 5.32 Å². The van der Waals surface area contributed by atoms with Crippen molar-refractivity contribution in [3.63, 3.8) is 0 Å². The van der Waals surface area contributed by atoms with Crippen LogP contribution in [-0.2, 0) is 11.3 Å². The Hall–Kier alpha value is -1.92. The fourth-order valence-electron chi connectivity index (χ4n) is 1.73. The van der Waals surface area contributed by atoms with Crippen LogP contribution in [-0.4, -0.2) is 39.0 Å². The lowest BCUT2D eigenvalue weighted by molar-refractivity contribution is -0.120. The van der Waals surface area contributed by atoms with Crippen LogP contribution in [0.1, 0.15) is 41.4 Å². The molecule has 17 heavy (non-hydrogen) atoms. The number of aromatic carboxylic acids is 1. The minimum atomic E-state index is -1.06. The van der Waals surface area contributed by atoms with Crippen LogP contribution in [0.4, 0.5) is 0 Å². The maximum atomic E-state index is 11.1. The molecule has 1 amide bonds. The first-order chi connectivity index (χ1) is 8.13. The van der Waals surface area contributed by atoms with E-state index in [9.17, 15) is 9.59 Å². The summed E-state index contributed by atoms with van der Waals surface area (Å²) in [5, 5.41) is 19.0.